The summed E-state index contributed by atoms with van der Waals surface area (Å²) in [6.45, 7) is 8.59. The van der Waals surface area contributed by atoms with Gasteiger partial charge in [0.25, 0.3) is 0 Å². The fourth-order valence-electron chi connectivity index (χ4n) is 5.31. The Morgan fingerprint density at radius 1 is 1.25 bits per heavy atom. The van der Waals surface area contributed by atoms with E-state index in [1.54, 1.807) is 37.3 Å². The Labute approximate surface area is 242 Å². The van der Waals surface area contributed by atoms with Gasteiger partial charge in [-0.1, -0.05) is 33.4 Å². The highest BCUT2D eigenvalue weighted by Crippen LogP contribution is 2.45. The molecule has 0 saturated carbocycles. The second-order valence-electron chi connectivity index (χ2n) is 10.2. The second-order valence-corrected chi connectivity index (χ2v) is 14.2. The molecular formula is C26H40NO10P3. The van der Waals surface area contributed by atoms with E-state index in [0.717, 1.165) is 0 Å². The summed E-state index contributed by atoms with van der Waals surface area (Å²) in [5, 5.41) is 13.0. The SMILES string of the molecule is [3H]N(CP)C1[C@H](OC2[C@H](C)OC(C(=O)Oc3ccccc3)[C@@](C)(O)[C@@H]2OC(C)=O)OC2COC(PPC)O[C@H]2[C@@H]1C. The Balaban J connectivity index is 1.58. The molecule has 1 aromatic carbocycles. The van der Waals surface area contributed by atoms with E-state index in [0.29, 0.717) is 29.4 Å². The Hall–Kier alpha value is -0.830. The van der Waals surface area contributed by atoms with Crippen molar-refractivity contribution in [3.05, 3.63) is 30.3 Å². The summed E-state index contributed by atoms with van der Waals surface area (Å²) in [4.78, 5) is 25.3. The first kappa shape index (κ1) is 30.6. The second kappa shape index (κ2) is 14.1. The van der Waals surface area contributed by atoms with Gasteiger partial charge < -0.3 is 43.6 Å². The fourth-order valence-corrected chi connectivity index (χ4v) is 7.36. The van der Waals surface area contributed by atoms with Gasteiger partial charge in [-0.15, -0.1) is 9.24 Å². The summed E-state index contributed by atoms with van der Waals surface area (Å²) >= 11 is 0. The number of fused-ring (bicyclic) bond motifs is 1. The molecule has 224 valence electrons. The van der Waals surface area contributed by atoms with Crippen LogP contribution in [0.5, 0.6) is 5.75 Å². The van der Waals surface area contributed by atoms with Crippen molar-refractivity contribution in [3.8, 4) is 5.75 Å². The number of ether oxygens (including phenoxy) is 7. The Morgan fingerprint density at radius 3 is 2.62 bits per heavy atom. The predicted octanol–water partition coefficient (Wildman–Crippen LogP) is 2.20. The maximum Gasteiger partial charge on any atom is 0.343 e. The van der Waals surface area contributed by atoms with Crippen molar-refractivity contribution in [3.63, 3.8) is 0 Å². The molecule has 3 heterocycles. The topological polar surface area (TPSA) is 131 Å². The molecule has 8 unspecified atom stereocenters. The number of hydrogen-bond acceptors (Lipinski definition) is 11. The van der Waals surface area contributed by atoms with E-state index in [1.165, 1.54) is 19.2 Å². The number of hydrogen-bond donors (Lipinski definition) is 2. The Kier molecular flexibility index (Phi) is 10.8. The van der Waals surface area contributed by atoms with Crippen molar-refractivity contribution in [1.82, 2.24) is 5.31 Å². The van der Waals surface area contributed by atoms with Gasteiger partial charge in [0.05, 0.1) is 24.9 Å². The molecule has 2 N–H and O–H groups in total. The molecule has 3 aliphatic rings. The van der Waals surface area contributed by atoms with Crippen molar-refractivity contribution in [1.29, 1.82) is 0 Å². The first-order valence-corrected chi connectivity index (χ1v) is 17.6. The summed E-state index contributed by atoms with van der Waals surface area (Å²) in [5.41, 5.74) is -2.03. The normalized spacial score (nSPS) is 40.8. The third kappa shape index (κ3) is 7.20. The first-order chi connectivity index (χ1) is 19.5. The first-order valence-electron chi connectivity index (χ1n) is 13.7. The van der Waals surface area contributed by atoms with Gasteiger partial charge in [0, 0.05) is 19.1 Å². The minimum Gasteiger partial charge on any atom is -0.456 e. The molecule has 3 saturated heterocycles. The number of para-hydroxylation sites is 1. The lowest BCUT2D eigenvalue weighted by atomic mass is 9.83. The van der Waals surface area contributed by atoms with Gasteiger partial charge in [0.1, 0.15) is 25.0 Å². The number of carbonyl (C=O) groups excluding carboxylic acids is 2. The summed E-state index contributed by atoms with van der Waals surface area (Å²) < 4.78 is 50.6. The zero-order valence-electron chi connectivity index (χ0n) is 24.2. The van der Waals surface area contributed by atoms with Crippen LogP contribution in [0.25, 0.3) is 0 Å². The average molecular weight is 622 g/mol. The number of rotatable bonds is 9. The molecular weight excluding hydrogens is 579 g/mol. The summed E-state index contributed by atoms with van der Waals surface area (Å²) in [6, 6.07) is 7.52. The largest absolute Gasteiger partial charge is 0.456 e. The van der Waals surface area contributed by atoms with E-state index in [1.807, 2.05) is 6.92 Å². The molecule has 14 atom stereocenters. The summed E-state index contributed by atoms with van der Waals surface area (Å²) in [5.74, 6) is -1.42. The standard InChI is InChI=1S/C26H40NO10P3/c1-13-18(27-12-38)24(35-17-11-31-25(40-39-5)37-19(13)17)36-20-14(2)32-22(26(4,30)21(20)33-15(3)28)23(29)34-16-9-7-6-8-10-16/h6-10,13-14,17-22,24-25,27,30,39-40H,11-12,38H2,1-5H3/t13-,14+,17?,18?,19+,20?,21-,22?,24+,25?,26+/m1/s1/i/hT. The molecule has 1 aromatic rings. The van der Waals surface area contributed by atoms with E-state index in [-0.39, 0.29) is 23.8 Å². The summed E-state index contributed by atoms with van der Waals surface area (Å²) in [6.07, 6.45) is -6.13. The third-order valence-electron chi connectivity index (χ3n) is 7.26. The van der Waals surface area contributed by atoms with Crippen LogP contribution in [0.4, 0.5) is 0 Å². The lowest BCUT2D eigenvalue weighted by molar-refractivity contribution is -0.348. The van der Waals surface area contributed by atoms with E-state index >= 15 is 0 Å². The van der Waals surface area contributed by atoms with Crippen LogP contribution in [0.3, 0.4) is 0 Å². The smallest absolute Gasteiger partial charge is 0.343 e. The Morgan fingerprint density at radius 2 is 1.98 bits per heavy atom. The highest BCUT2D eigenvalue weighted by Gasteiger charge is 2.59. The van der Waals surface area contributed by atoms with Gasteiger partial charge >= 0.3 is 11.9 Å². The van der Waals surface area contributed by atoms with Crippen molar-refractivity contribution >= 4 is 37.7 Å². The lowest BCUT2D eigenvalue weighted by Crippen LogP contribution is -2.70. The zero-order chi connectivity index (χ0) is 29.9. The van der Waals surface area contributed by atoms with Gasteiger partial charge in [-0.25, -0.2) is 4.79 Å². The van der Waals surface area contributed by atoms with Gasteiger partial charge in [-0.2, -0.15) is 0 Å². The molecule has 4 rings (SSSR count). The zero-order valence-corrected chi connectivity index (χ0v) is 26.4. The quantitative estimate of drug-likeness (QED) is 0.239. The van der Waals surface area contributed by atoms with Crippen LogP contribution in [0.1, 0.15) is 27.7 Å². The molecule has 0 spiro atoms. The highest BCUT2D eigenvalue weighted by atomic mass is 32.0. The number of carbonyl (C=O) groups is 2. The van der Waals surface area contributed by atoms with E-state index in [9.17, 15) is 14.7 Å². The third-order valence-corrected chi connectivity index (χ3v) is 9.87. The Bertz CT molecular complexity index is 1040. The van der Waals surface area contributed by atoms with Crippen molar-refractivity contribution in [2.24, 2.45) is 5.92 Å². The predicted molar refractivity (Wildman–Crippen MR) is 154 cm³/mol. The van der Waals surface area contributed by atoms with Crippen LogP contribution in [-0.4, -0.2) is 97.2 Å². The monoisotopic (exact) mass is 621 g/mol. The minimum atomic E-state index is -2.03. The molecule has 0 aromatic heterocycles. The number of aliphatic hydroxyl groups is 1. The van der Waals surface area contributed by atoms with Gasteiger partial charge in [0.2, 0.25) is 0 Å². The van der Waals surface area contributed by atoms with Crippen LogP contribution < -0.4 is 10.0 Å². The number of esters is 2. The molecule has 3 fully saturated rings. The molecule has 0 amide bonds. The van der Waals surface area contributed by atoms with Crippen molar-refractivity contribution in [2.45, 2.75) is 88.3 Å². The van der Waals surface area contributed by atoms with Crippen molar-refractivity contribution < 1.29 is 49.3 Å². The van der Waals surface area contributed by atoms with Crippen LogP contribution in [0.2, 0.25) is 1.41 Å². The maximum atomic E-state index is 13.1. The van der Waals surface area contributed by atoms with E-state index in [4.69, 9.17) is 34.6 Å². The molecule has 3 aliphatic heterocycles. The fraction of sp³-hybridized carbons (Fsp3) is 0.692. The number of benzene rings is 1. The average Bonchev–Trinajstić information content (AvgIpc) is 2.93. The molecule has 40 heavy (non-hydrogen) atoms. The maximum absolute atomic E-state index is 13.1. The van der Waals surface area contributed by atoms with Crippen LogP contribution in [-0.2, 0) is 38.0 Å². The van der Waals surface area contributed by atoms with Crippen LogP contribution >= 0.6 is 25.8 Å². The number of nitrogens with one attached hydrogen (secondary N) is 1. The van der Waals surface area contributed by atoms with Crippen LogP contribution in [0.15, 0.2) is 30.3 Å². The molecule has 0 bridgehead atoms. The van der Waals surface area contributed by atoms with Gasteiger partial charge in [-0.05, 0) is 40.9 Å². The molecule has 14 heteroatoms. The minimum absolute atomic E-state index is 0.186. The van der Waals surface area contributed by atoms with Crippen LogP contribution in [0, 0.1) is 5.92 Å². The van der Waals surface area contributed by atoms with Gasteiger partial charge in [-0.3, -0.25) is 4.79 Å². The molecule has 11 nitrogen and oxygen atoms in total. The lowest BCUT2D eigenvalue weighted by Gasteiger charge is -2.52. The summed E-state index contributed by atoms with van der Waals surface area (Å²) in [7, 11) is 3.73. The van der Waals surface area contributed by atoms with E-state index in [2.05, 4.69) is 15.9 Å². The van der Waals surface area contributed by atoms with E-state index < -0.39 is 60.4 Å². The molecule has 0 radical (unpaired) electrons. The van der Waals surface area contributed by atoms with Crippen molar-refractivity contribution in [2.75, 3.05) is 19.6 Å². The van der Waals surface area contributed by atoms with Gasteiger partial charge in [0.15, 0.2) is 24.5 Å². The highest BCUT2D eigenvalue weighted by molar-refractivity contribution is 8.11. The molecule has 0 aliphatic carbocycles.